The first-order valence-electron chi connectivity index (χ1n) is 7.62. The van der Waals surface area contributed by atoms with Crippen LogP contribution in [0.3, 0.4) is 0 Å². The summed E-state index contributed by atoms with van der Waals surface area (Å²) in [5, 5.41) is 1.89. The summed E-state index contributed by atoms with van der Waals surface area (Å²) in [6, 6.07) is 20.1. The second kappa shape index (κ2) is 6.13. The molecule has 2 bridgehead atoms. The molecule has 0 amide bonds. The van der Waals surface area contributed by atoms with Gasteiger partial charge in [0.25, 0.3) is 0 Å². The zero-order valence-electron chi connectivity index (χ0n) is 13.0. The average molecular weight is 332 g/mol. The van der Waals surface area contributed by atoms with E-state index in [9.17, 15) is 9.59 Å². The first-order valence-corrected chi connectivity index (χ1v) is 7.62. The molecule has 5 aromatic rings. The van der Waals surface area contributed by atoms with Crippen molar-refractivity contribution in [2.45, 2.75) is 0 Å². The third-order valence-corrected chi connectivity index (χ3v) is 3.83. The molecule has 0 saturated carbocycles. The predicted molar refractivity (Wildman–Crippen MR) is 94.7 cm³/mol. The lowest BCUT2D eigenvalue weighted by Gasteiger charge is -1.95. The first kappa shape index (κ1) is 15.0. The van der Waals surface area contributed by atoms with Crippen LogP contribution in [-0.2, 0) is 0 Å². The Balaban J connectivity index is 2.35. The normalized spacial score (nSPS) is 10.7. The van der Waals surface area contributed by atoms with Gasteiger partial charge < -0.3 is 4.42 Å². The van der Waals surface area contributed by atoms with Crippen molar-refractivity contribution >= 4 is 32.7 Å². The van der Waals surface area contributed by atoms with Crippen molar-refractivity contribution in [2.75, 3.05) is 0 Å². The molecule has 0 aliphatic rings. The molecule has 0 aliphatic carbocycles. The number of hydrogen-bond donors (Lipinski definition) is 0. The Kier molecular flexibility index (Phi) is 3.67. The minimum Gasteiger partial charge on any atom is -0.422 e. The van der Waals surface area contributed by atoms with Crippen molar-refractivity contribution in [3.63, 3.8) is 0 Å². The van der Waals surface area contributed by atoms with Crippen LogP contribution in [0.5, 0.6) is 0 Å². The van der Waals surface area contributed by atoms with Crippen molar-refractivity contribution in [1.29, 1.82) is 0 Å². The highest BCUT2D eigenvalue weighted by atomic mass is 17.0. The zero-order chi connectivity index (χ0) is 17.2. The van der Waals surface area contributed by atoms with Crippen LogP contribution in [0.2, 0.25) is 0 Å². The summed E-state index contributed by atoms with van der Waals surface area (Å²) >= 11 is 0. The van der Waals surface area contributed by atoms with Crippen LogP contribution in [0.4, 0.5) is 0 Å². The SMILES string of the molecule is O=c1ooc2ccccc2c2ccccc2oc(=O)c2ccc1cc2. The van der Waals surface area contributed by atoms with E-state index in [1.165, 1.54) is 24.3 Å². The van der Waals surface area contributed by atoms with Gasteiger partial charge in [0.2, 0.25) is 0 Å². The maximum absolute atomic E-state index is 12.4. The molecule has 5 nitrogen and oxygen atoms in total. The molecule has 0 fully saturated rings. The second-order valence-electron chi connectivity index (χ2n) is 5.41. The highest BCUT2D eigenvalue weighted by molar-refractivity contribution is 6.01. The summed E-state index contributed by atoms with van der Waals surface area (Å²) in [5.41, 5.74) is -0.431. The van der Waals surface area contributed by atoms with Gasteiger partial charge in [-0.1, -0.05) is 36.4 Å². The lowest BCUT2D eigenvalue weighted by Crippen LogP contribution is -1.97. The molecular formula is C20H12O5. The Bertz CT molecular complexity index is 1270. The maximum Gasteiger partial charge on any atom is 0.386 e. The largest absolute Gasteiger partial charge is 0.422 e. The van der Waals surface area contributed by atoms with E-state index in [0.29, 0.717) is 27.3 Å². The molecule has 0 N–H and O–H groups in total. The predicted octanol–water partition coefficient (Wildman–Crippen LogP) is 4.33. The lowest BCUT2D eigenvalue weighted by atomic mass is 10.1. The second-order valence-corrected chi connectivity index (χ2v) is 5.41. The van der Waals surface area contributed by atoms with Gasteiger partial charge in [-0.05, 0) is 36.4 Å². The standard InChI is InChI=1S/C20H12O5/c21-19-13-9-11-14(12-10-13)20(22)25-24-18-8-4-2-6-16(18)15-5-1-3-7-17(15)23-19/h1-12H. The number of benzene rings is 3. The minimum absolute atomic E-state index is 0.269. The van der Waals surface area contributed by atoms with Crippen LogP contribution in [0.25, 0.3) is 32.7 Å². The molecule has 122 valence electrons. The molecule has 0 atom stereocenters. The molecule has 3 aromatic carbocycles. The van der Waals surface area contributed by atoms with Crippen LogP contribution >= 0.6 is 0 Å². The monoisotopic (exact) mass is 332 g/mol. The molecule has 0 saturated heterocycles. The number of rotatable bonds is 0. The van der Waals surface area contributed by atoms with E-state index in [2.05, 4.69) is 0 Å². The quantitative estimate of drug-likeness (QED) is 0.448. The van der Waals surface area contributed by atoms with Gasteiger partial charge in [-0.2, -0.15) is 0 Å². The van der Waals surface area contributed by atoms with Gasteiger partial charge in [-0.25, -0.2) is 14.2 Å². The molecule has 2 aromatic heterocycles. The first-order chi connectivity index (χ1) is 12.2. The fourth-order valence-corrected chi connectivity index (χ4v) is 2.57. The van der Waals surface area contributed by atoms with E-state index in [0.717, 1.165) is 0 Å². The van der Waals surface area contributed by atoms with Crippen molar-refractivity contribution in [2.24, 2.45) is 0 Å². The van der Waals surface area contributed by atoms with E-state index in [4.69, 9.17) is 13.6 Å². The molecule has 5 heteroatoms. The summed E-state index contributed by atoms with van der Waals surface area (Å²) < 4.78 is 15.8. The van der Waals surface area contributed by atoms with Crippen LogP contribution in [0.1, 0.15) is 0 Å². The third-order valence-electron chi connectivity index (χ3n) is 3.83. The Morgan fingerprint density at radius 2 is 1.04 bits per heavy atom. The molecule has 5 rings (SSSR count). The van der Waals surface area contributed by atoms with Crippen molar-refractivity contribution < 1.29 is 13.6 Å². The summed E-state index contributed by atoms with van der Waals surface area (Å²) in [6.07, 6.45) is 0. The van der Waals surface area contributed by atoms with E-state index < -0.39 is 11.3 Å². The van der Waals surface area contributed by atoms with Crippen molar-refractivity contribution in [1.82, 2.24) is 0 Å². The minimum atomic E-state index is -0.651. The topological polar surface area (TPSA) is 73.6 Å². The Morgan fingerprint density at radius 1 is 0.520 bits per heavy atom. The summed E-state index contributed by atoms with van der Waals surface area (Å²) in [5.74, 6) is 0. The van der Waals surface area contributed by atoms with Crippen LogP contribution < -0.4 is 11.3 Å². The highest BCUT2D eigenvalue weighted by Gasteiger charge is 2.01. The summed E-state index contributed by atoms with van der Waals surface area (Å²) in [4.78, 5) is 24.5. The zero-order valence-corrected chi connectivity index (χ0v) is 13.0. The average Bonchev–Trinajstić information content (AvgIpc) is 2.67. The van der Waals surface area contributed by atoms with E-state index in [1.54, 1.807) is 36.4 Å². The van der Waals surface area contributed by atoms with Gasteiger partial charge in [0.15, 0.2) is 5.58 Å². The van der Waals surface area contributed by atoms with E-state index >= 15 is 0 Å². The van der Waals surface area contributed by atoms with E-state index in [1.807, 2.05) is 12.1 Å². The smallest absolute Gasteiger partial charge is 0.386 e. The Labute approximate surface area is 140 Å². The number of hydrogen-bond acceptors (Lipinski definition) is 5. The number of para-hydroxylation sites is 2. The molecule has 2 heterocycles. The van der Waals surface area contributed by atoms with Gasteiger partial charge in [0.05, 0.1) is 10.8 Å². The number of fused-ring (bicyclic) bond motifs is 5. The lowest BCUT2D eigenvalue weighted by molar-refractivity contribution is 0.0562. The maximum atomic E-state index is 12.4. The van der Waals surface area contributed by atoms with Crippen molar-refractivity contribution in [3.8, 4) is 0 Å². The van der Waals surface area contributed by atoms with Gasteiger partial charge in [0, 0.05) is 10.8 Å². The summed E-state index contributed by atoms with van der Waals surface area (Å²) in [6.45, 7) is 0. The fraction of sp³-hybridized carbons (Fsp3) is 0. The summed E-state index contributed by atoms with van der Waals surface area (Å²) in [7, 11) is 0. The van der Waals surface area contributed by atoms with Crippen molar-refractivity contribution in [3.05, 3.63) is 93.6 Å². The molecule has 0 radical (unpaired) electrons. The van der Waals surface area contributed by atoms with Gasteiger partial charge >= 0.3 is 11.3 Å². The molecule has 0 spiro atoms. The Morgan fingerprint density at radius 3 is 1.72 bits per heavy atom. The Hall–Kier alpha value is -3.60. The molecule has 0 aliphatic heterocycles. The third kappa shape index (κ3) is 2.83. The van der Waals surface area contributed by atoms with Gasteiger partial charge in [-0.15, -0.1) is 0 Å². The molecular weight excluding hydrogens is 320 g/mol. The van der Waals surface area contributed by atoms with Gasteiger partial charge in [0.1, 0.15) is 5.58 Å². The highest BCUT2D eigenvalue weighted by Crippen LogP contribution is 2.20. The fourth-order valence-electron chi connectivity index (χ4n) is 2.57. The van der Waals surface area contributed by atoms with E-state index in [-0.39, 0.29) is 5.39 Å². The molecule has 0 unspecified atom stereocenters. The van der Waals surface area contributed by atoms with Crippen LogP contribution in [0.15, 0.2) is 96.0 Å². The van der Waals surface area contributed by atoms with Crippen LogP contribution in [-0.4, -0.2) is 0 Å². The van der Waals surface area contributed by atoms with Gasteiger partial charge in [-0.3, -0.25) is 4.58 Å². The van der Waals surface area contributed by atoms with Crippen LogP contribution in [0, 0.1) is 0 Å². The molecule has 25 heavy (non-hydrogen) atoms.